The Hall–Kier alpha value is -1.35. The fourth-order valence-electron chi connectivity index (χ4n) is 6.84. The van der Waals surface area contributed by atoms with Gasteiger partial charge in [0.05, 0.1) is 6.04 Å². The van der Waals surface area contributed by atoms with Gasteiger partial charge in [-0.1, -0.05) is 30.7 Å². The summed E-state index contributed by atoms with van der Waals surface area (Å²) in [5.74, 6) is 3.16. The first-order valence-electron chi connectivity index (χ1n) is 10.7. The largest absolute Gasteiger partial charge is 0.349 e. The van der Waals surface area contributed by atoms with E-state index in [1.165, 1.54) is 69.3 Å². The van der Waals surface area contributed by atoms with Gasteiger partial charge in [0.1, 0.15) is 0 Å². The van der Waals surface area contributed by atoms with Gasteiger partial charge in [0.2, 0.25) is 5.91 Å². The molecule has 4 atom stereocenters. The van der Waals surface area contributed by atoms with Crippen LogP contribution in [0.3, 0.4) is 0 Å². The molecule has 5 rings (SSSR count). The number of nitrogens with one attached hydrogen (secondary N) is 1. The number of benzene rings is 1. The number of likely N-dealkylation sites (tertiary alicyclic amines) is 1. The summed E-state index contributed by atoms with van der Waals surface area (Å²) in [7, 11) is 0. The van der Waals surface area contributed by atoms with Crippen LogP contribution in [0.4, 0.5) is 0 Å². The lowest BCUT2D eigenvalue weighted by Crippen LogP contribution is -2.44. The molecule has 1 aromatic rings. The molecule has 1 aliphatic heterocycles. The second-order valence-electron chi connectivity index (χ2n) is 9.56. The van der Waals surface area contributed by atoms with E-state index in [2.05, 4.69) is 34.5 Å². The maximum atomic E-state index is 11.7. The minimum atomic E-state index is 0.0931. The average Bonchev–Trinajstić information content (AvgIpc) is 3.32. The van der Waals surface area contributed by atoms with Crippen LogP contribution in [0.2, 0.25) is 0 Å². The van der Waals surface area contributed by atoms with Crippen LogP contribution in [-0.2, 0) is 10.2 Å². The lowest BCUT2D eigenvalue weighted by Gasteiger charge is -2.42. The summed E-state index contributed by atoms with van der Waals surface area (Å²) in [6.07, 6.45) is 9.62. The van der Waals surface area contributed by atoms with Crippen LogP contribution in [0.5, 0.6) is 0 Å². The molecule has 3 fully saturated rings. The SMILES string of the molecule is CC(=O)NC1CC2(CCN(C[C@H]3C[C@H]4CC[C@H]3C4)CC2)c2ccccc21. The number of carbonyl (C=O) groups excluding carboxylic acids is 1. The Kier molecular flexibility index (Phi) is 4.11. The molecule has 3 aliphatic carbocycles. The number of fused-ring (bicyclic) bond motifs is 4. The number of hydrogen-bond donors (Lipinski definition) is 1. The maximum absolute atomic E-state index is 11.7. The molecule has 1 unspecified atom stereocenters. The molecule has 0 radical (unpaired) electrons. The normalized spacial score (nSPS) is 35.0. The fourth-order valence-corrected chi connectivity index (χ4v) is 6.84. The van der Waals surface area contributed by atoms with Gasteiger partial charge in [-0.3, -0.25) is 4.79 Å². The number of hydrogen-bond acceptors (Lipinski definition) is 2. The van der Waals surface area contributed by atoms with Crippen molar-refractivity contribution in [3.05, 3.63) is 35.4 Å². The zero-order chi connectivity index (χ0) is 17.7. The molecule has 3 heteroatoms. The number of carbonyl (C=O) groups is 1. The smallest absolute Gasteiger partial charge is 0.217 e. The molecule has 140 valence electrons. The molecule has 1 amide bonds. The van der Waals surface area contributed by atoms with Crippen molar-refractivity contribution in [2.45, 2.75) is 63.3 Å². The summed E-state index contributed by atoms with van der Waals surface area (Å²) in [5.41, 5.74) is 3.16. The maximum Gasteiger partial charge on any atom is 0.217 e. The average molecular weight is 353 g/mol. The Balaban J connectivity index is 1.27. The van der Waals surface area contributed by atoms with E-state index in [1.54, 1.807) is 6.92 Å². The molecule has 1 aromatic carbocycles. The van der Waals surface area contributed by atoms with Crippen molar-refractivity contribution < 1.29 is 4.79 Å². The highest BCUT2D eigenvalue weighted by Gasteiger charge is 2.46. The Morgan fingerprint density at radius 3 is 2.69 bits per heavy atom. The monoisotopic (exact) mass is 352 g/mol. The van der Waals surface area contributed by atoms with Crippen molar-refractivity contribution in [3.8, 4) is 0 Å². The summed E-state index contributed by atoms with van der Waals surface area (Å²) in [6, 6.07) is 9.06. The zero-order valence-corrected chi connectivity index (χ0v) is 16.0. The van der Waals surface area contributed by atoms with Crippen LogP contribution in [0.25, 0.3) is 0 Å². The van der Waals surface area contributed by atoms with Crippen molar-refractivity contribution in [3.63, 3.8) is 0 Å². The molecule has 26 heavy (non-hydrogen) atoms. The molecule has 4 aliphatic rings. The lowest BCUT2D eigenvalue weighted by atomic mass is 9.73. The third-order valence-electron chi connectivity index (χ3n) is 8.07. The van der Waals surface area contributed by atoms with E-state index >= 15 is 0 Å². The van der Waals surface area contributed by atoms with E-state index in [0.717, 1.165) is 24.2 Å². The number of rotatable bonds is 3. The van der Waals surface area contributed by atoms with Gasteiger partial charge in [-0.15, -0.1) is 0 Å². The number of piperidine rings is 1. The minimum Gasteiger partial charge on any atom is -0.349 e. The molecule has 2 saturated carbocycles. The van der Waals surface area contributed by atoms with Gasteiger partial charge >= 0.3 is 0 Å². The topological polar surface area (TPSA) is 32.3 Å². The fraction of sp³-hybridized carbons (Fsp3) is 0.696. The summed E-state index contributed by atoms with van der Waals surface area (Å²) in [5, 5.41) is 3.21. The molecule has 0 aromatic heterocycles. The second-order valence-corrected chi connectivity index (χ2v) is 9.56. The van der Waals surface area contributed by atoms with Crippen LogP contribution in [-0.4, -0.2) is 30.4 Å². The van der Waals surface area contributed by atoms with E-state index in [9.17, 15) is 4.79 Å². The first-order chi connectivity index (χ1) is 12.6. The van der Waals surface area contributed by atoms with Gasteiger partial charge in [0, 0.05) is 18.9 Å². The molecular weight excluding hydrogens is 320 g/mol. The highest BCUT2D eigenvalue weighted by molar-refractivity contribution is 5.73. The summed E-state index contributed by atoms with van der Waals surface area (Å²) in [6.45, 7) is 5.45. The molecular formula is C23H32N2O. The van der Waals surface area contributed by atoms with Crippen LogP contribution >= 0.6 is 0 Å². The first kappa shape index (κ1) is 16.8. The van der Waals surface area contributed by atoms with E-state index in [4.69, 9.17) is 0 Å². The van der Waals surface area contributed by atoms with Crippen LogP contribution in [0.15, 0.2) is 24.3 Å². The third kappa shape index (κ3) is 2.79. The molecule has 2 bridgehead atoms. The van der Waals surface area contributed by atoms with Crippen molar-refractivity contribution in [2.24, 2.45) is 17.8 Å². The van der Waals surface area contributed by atoms with Crippen LogP contribution in [0.1, 0.15) is 69.0 Å². The third-order valence-corrected chi connectivity index (χ3v) is 8.07. The Labute approximate surface area is 157 Å². The molecule has 1 heterocycles. The quantitative estimate of drug-likeness (QED) is 0.890. The van der Waals surface area contributed by atoms with E-state index in [0.29, 0.717) is 0 Å². The minimum absolute atomic E-state index is 0.0931. The first-order valence-corrected chi connectivity index (χ1v) is 10.7. The van der Waals surface area contributed by atoms with Gasteiger partial charge in [-0.05, 0) is 80.5 Å². The predicted octanol–water partition coefficient (Wildman–Crippen LogP) is 4.04. The second kappa shape index (κ2) is 6.37. The van der Waals surface area contributed by atoms with E-state index < -0.39 is 0 Å². The van der Waals surface area contributed by atoms with Gasteiger partial charge in [-0.25, -0.2) is 0 Å². The van der Waals surface area contributed by atoms with Gasteiger partial charge in [-0.2, -0.15) is 0 Å². The van der Waals surface area contributed by atoms with E-state index in [1.807, 2.05) is 0 Å². The molecule has 1 N–H and O–H groups in total. The number of amides is 1. The van der Waals surface area contributed by atoms with Crippen molar-refractivity contribution in [1.29, 1.82) is 0 Å². The van der Waals surface area contributed by atoms with Gasteiger partial charge in [0.25, 0.3) is 0 Å². The van der Waals surface area contributed by atoms with Crippen molar-refractivity contribution >= 4 is 5.91 Å². The van der Waals surface area contributed by atoms with Crippen molar-refractivity contribution in [2.75, 3.05) is 19.6 Å². The Bertz CT molecular complexity index is 691. The molecule has 1 spiro atoms. The van der Waals surface area contributed by atoms with Crippen LogP contribution in [0, 0.1) is 17.8 Å². The summed E-state index contributed by atoms with van der Waals surface area (Å²) in [4.78, 5) is 14.4. The zero-order valence-electron chi connectivity index (χ0n) is 16.0. The molecule has 1 saturated heterocycles. The summed E-state index contributed by atoms with van der Waals surface area (Å²) >= 11 is 0. The lowest BCUT2D eigenvalue weighted by molar-refractivity contribution is -0.119. The van der Waals surface area contributed by atoms with Crippen LogP contribution < -0.4 is 5.32 Å². The number of nitrogens with zero attached hydrogens (tertiary/aromatic N) is 1. The highest BCUT2D eigenvalue weighted by atomic mass is 16.1. The Morgan fingerprint density at radius 1 is 1.19 bits per heavy atom. The van der Waals surface area contributed by atoms with E-state index in [-0.39, 0.29) is 17.4 Å². The standard InChI is InChI=1S/C23H32N2O/c1-16(26)24-22-14-23(21-5-3-2-4-20(21)22)8-10-25(11-9-23)15-19-13-17-6-7-18(19)12-17/h2-5,17-19,22H,6-15H2,1H3,(H,24,26)/t17-,18-,19+,22?/m0/s1. The van der Waals surface area contributed by atoms with Gasteiger partial charge in [0.15, 0.2) is 0 Å². The summed E-state index contributed by atoms with van der Waals surface area (Å²) < 4.78 is 0. The van der Waals surface area contributed by atoms with Gasteiger partial charge < -0.3 is 10.2 Å². The highest BCUT2D eigenvalue weighted by Crippen LogP contribution is 2.52. The molecule has 3 nitrogen and oxygen atoms in total. The predicted molar refractivity (Wildman–Crippen MR) is 104 cm³/mol. The Morgan fingerprint density at radius 2 is 2.00 bits per heavy atom. The van der Waals surface area contributed by atoms with Crippen molar-refractivity contribution in [1.82, 2.24) is 10.2 Å².